The summed E-state index contributed by atoms with van der Waals surface area (Å²) in [5.41, 5.74) is 11.4. The van der Waals surface area contributed by atoms with E-state index < -0.39 is 5.91 Å². The molecule has 0 saturated carbocycles. The Bertz CT molecular complexity index is 792. The summed E-state index contributed by atoms with van der Waals surface area (Å²) in [6.07, 6.45) is 1.32. The first-order chi connectivity index (χ1) is 10.4. The second-order valence-electron chi connectivity index (χ2n) is 4.99. The highest BCUT2D eigenvalue weighted by Gasteiger charge is 2.22. The van der Waals surface area contributed by atoms with Crippen molar-refractivity contribution in [1.82, 2.24) is 0 Å². The minimum absolute atomic E-state index is 0.0245. The molecule has 1 amide bonds. The van der Waals surface area contributed by atoms with Crippen LogP contribution in [-0.4, -0.2) is 17.4 Å². The molecule has 1 aliphatic rings. The lowest BCUT2D eigenvalue weighted by Gasteiger charge is -2.14. The lowest BCUT2D eigenvalue weighted by atomic mass is 9.94. The summed E-state index contributed by atoms with van der Waals surface area (Å²) < 4.78 is 0. The van der Waals surface area contributed by atoms with E-state index in [1.807, 2.05) is 19.1 Å². The Morgan fingerprint density at radius 1 is 1.14 bits per heavy atom. The molecule has 0 aromatic heterocycles. The molecule has 6 heteroatoms. The van der Waals surface area contributed by atoms with Crippen molar-refractivity contribution < 1.29 is 9.59 Å². The van der Waals surface area contributed by atoms with Gasteiger partial charge in [0.1, 0.15) is 0 Å². The largest absolute Gasteiger partial charge is 0.289 e. The first-order valence-electron chi connectivity index (χ1n) is 6.63. The Labute approximate surface area is 127 Å². The molecule has 6 nitrogen and oxygen atoms in total. The molecule has 1 aromatic carbocycles. The lowest BCUT2D eigenvalue weighted by Crippen LogP contribution is -2.17. The maximum Gasteiger partial charge on any atom is 0.277 e. The summed E-state index contributed by atoms with van der Waals surface area (Å²) >= 11 is 0. The molecule has 0 heterocycles. The molecule has 110 valence electrons. The fourth-order valence-electron chi connectivity index (χ4n) is 2.13. The lowest BCUT2D eigenvalue weighted by molar-refractivity contribution is -0.111. The van der Waals surface area contributed by atoms with Gasteiger partial charge in [0.05, 0.1) is 11.4 Å². The molecule has 0 fully saturated rings. The second-order valence-corrected chi connectivity index (χ2v) is 4.99. The number of carbonyl (C=O) groups is 2. The van der Waals surface area contributed by atoms with Gasteiger partial charge in [0, 0.05) is 10.5 Å². The van der Waals surface area contributed by atoms with Gasteiger partial charge < -0.3 is 0 Å². The molecule has 0 bridgehead atoms. The number of carbonyl (C=O) groups excluding carboxylic acids is 2. The zero-order chi connectivity index (χ0) is 16.3. The monoisotopic (exact) mass is 294 g/mol. The molecule has 0 radical (unpaired) electrons. The van der Waals surface area contributed by atoms with Crippen molar-refractivity contribution in [2.75, 3.05) is 0 Å². The molecule has 22 heavy (non-hydrogen) atoms. The fourth-order valence-corrected chi connectivity index (χ4v) is 2.13. The average Bonchev–Trinajstić information content (AvgIpc) is 2.48. The van der Waals surface area contributed by atoms with Gasteiger partial charge in [-0.2, -0.15) is 0 Å². The van der Waals surface area contributed by atoms with Gasteiger partial charge in [-0.05, 0) is 55.7 Å². The predicted octanol–water partition coefficient (Wildman–Crippen LogP) is 3.69. The summed E-state index contributed by atoms with van der Waals surface area (Å²) in [6, 6.07) is 7.05. The fraction of sp³-hybridized carbons (Fsp3) is 0.188. The van der Waals surface area contributed by atoms with Gasteiger partial charge in [0.15, 0.2) is 5.78 Å². The number of aliphatic imine (C=N–C) groups is 1. The van der Waals surface area contributed by atoms with Crippen molar-refractivity contribution in [3.05, 3.63) is 68.8 Å². The van der Waals surface area contributed by atoms with Crippen molar-refractivity contribution >= 4 is 17.4 Å². The number of ketones is 1. The number of azide groups is 1. The first-order valence-corrected chi connectivity index (χ1v) is 6.63. The second kappa shape index (κ2) is 6.20. The molecular formula is C16H14N4O2. The number of benzene rings is 1. The van der Waals surface area contributed by atoms with Crippen LogP contribution in [0.5, 0.6) is 0 Å². The predicted molar refractivity (Wildman–Crippen MR) is 83.6 cm³/mol. The summed E-state index contributed by atoms with van der Waals surface area (Å²) in [5.74, 6) is -0.786. The quantitative estimate of drug-likeness (QED) is 0.360. The van der Waals surface area contributed by atoms with Gasteiger partial charge >= 0.3 is 0 Å². The van der Waals surface area contributed by atoms with E-state index in [-0.39, 0.29) is 11.5 Å². The maximum absolute atomic E-state index is 12.2. The molecule has 0 atom stereocenters. The van der Waals surface area contributed by atoms with Crippen molar-refractivity contribution in [2.24, 2.45) is 10.1 Å². The van der Waals surface area contributed by atoms with Crippen LogP contribution in [0, 0.1) is 6.92 Å². The van der Waals surface area contributed by atoms with Crippen LogP contribution in [0.3, 0.4) is 0 Å². The van der Waals surface area contributed by atoms with E-state index in [1.165, 1.54) is 6.08 Å². The maximum atomic E-state index is 12.2. The molecule has 0 N–H and O–H groups in total. The van der Waals surface area contributed by atoms with Crippen LogP contribution in [0.2, 0.25) is 0 Å². The number of allylic oxidation sites excluding steroid dienone is 3. The Morgan fingerprint density at radius 3 is 2.36 bits per heavy atom. The standard InChI is InChI=1S/C16H14N4O2/c1-9-4-6-12(7-5-9)16(22)18-14-10(2)8-13(21)15(11(14)3)19-20-17/h4-8H,1-3H3. The van der Waals surface area contributed by atoms with Crippen LogP contribution in [0.15, 0.2) is 57.3 Å². The van der Waals surface area contributed by atoms with Crippen LogP contribution in [0.1, 0.15) is 29.8 Å². The summed E-state index contributed by atoms with van der Waals surface area (Å²) in [6.45, 7) is 5.23. The van der Waals surface area contributed by atoms with Crippen molar-refractivity contribution in [1.29, 1.82) is 0 Å². The minimum Gasteiger partial charge on any atom is -0.289 e. The number of hydrogen-bond acceptors (Lipinski definition) is 3. The van der Waals surface area contributed by atoms with E-state index in [9.17, 15) is 9.59 Å². The number of hydrogen-bond donors (Lipinski definition) is 0. The first kappa shape index (κ1) is 15.4. The van der Waals surface area contributed by atoms with Gasteiger partial charge in [0.2, 0.25) is 0 Å². The van der Waals surface area contributed by atoms with Crippen molar-refractivity contribution in [3.8, 4) is 0 Å². The highest BCUT2D eigenvalue weighted by molar-refractivity contribution is 6.26. The summed E-state index contributed by atoms with van der Waals surface area (Å²) in [5, 5.41) is 3.40. The minimum atomic E-state index is -0.406. The summed E-state index contributed by atoms with van der Waals surface area (Å²) in [4.78, 5) is 30.8. The number of amides is 1. The van der Waals surface area contributed by atoms with E-state index in [4.69, 9.17) is 5.53 Å². The average molecular weight is 294 g/mol. The zero-order valence-electron chi connectivity index (χ0n) is 12.5. The van der Waals surface area contributed by atoms with Gasteiger partial charge in [-0.3, -0.25) is 9.59 Å². The van der Waals surface area contributed by atoms with Crippen LogP contribution in [0.25, 0.3) is 10.4 Å². The molecule has 2 rings (SSSR count). The Hall–Kier alpha value is -2.98. The molecule has 0 unspecified atom stereocenters. The van der Waals surface area contributed by atoms with E-state index in [2.05, 4.69) is 15.0 Å². The van der Waals surface area contributed by atoms with Crippen LogP contribution >= 0.6 is 0 Å². The van der Waals surface area contributed by atoms with Crippen molar-refractivity contribution in [2.45, 2.75) is 20.8 Å². The third-order valence-corrected chi connectivity index (χ3v) is 3.32. The third kappa shape index (κ3) is 3.02. The normalized spacial score (nSPS) is 16.4. The third-order valence-electron chi connectivity index (χ3n) is 3.32. The van der Waals surface area contributed by atoms with E-state index in [0.29, 0.717) is 22.4 Å². The van der Waals surface area contributed by atoms with Crippen molar-refractivity contribution in [3.63, 3.8) is 0 Å². The smallest absolute Gasteiger partial charge is 0.277 e. The number of aryl methyl sites for hydroxylation is 1. The van der Waals surface area contributed by atoms with Crippen LogP contribution in [0.4, 0.5) is 0 Å². The number of rotatable bonds is 2. The Kier molecular flexibility index (Phi) is 4.34. The van der Waals surface area contributed by atoms with Gasteiger partial charge in [-0.15, -0.1) is 0 Å². The number of nitrogens with zero attached hydrogens (tertiary/aromatic N) is 4. The van der Waals surface area contributed by atoms with Crippen LogP contribution < -0.4 is 0 Å². The van der Waals surface area contributed by atoms with Gasteiger partial charge in [0.25, 0.3) is 5.91 Å². The van der Waals surface area contributed by atoms with Crippen LogP contribution in [-0.2, 0) is 4.79 Å². The molecule has 1 aliphatic carbocycles. The van der Waals surface area contributed by atoms with Gasteiger partial charge in [-0.1, -0.05) is 22.8 Å². The molecule has 1 aromatic rings. The molecule has 0 aliphatic heterocycles. The van der Waals surface area contributed by atoms with E-state index in [1.54, 1.807) is 26.0 Å². The van der Waals surface area contributed by atoms with E-state index in [0.717, 1.165) is 5.56 Å². The topological polar surface area (TPSA) is 95.3 Å². The van der Waals surface area contributed by atoms with E-state index >= 15 is 0 Å². The highest BCUT2D eigenvalue weighted by atomic mass is 16.1. The van der Waals surface area contributed by atoms with Gasteiger partial charge in [-0.25, -0.2) is 4.99 Å². The molecular weight excluding hydrogens is 280 g/mol. The summed E-state index contributed by atoms with van der Waals surface area (Å²) in [7, 11) is 0. The SMILES string of the molecule is CC1=CC(=O)C(N=[N+]=[N-])=C(C)C1=NC(=O)c1ccc(C)cc1. The Balaban J connectivity index is 2.47. The molecule has 0 saturated heterocycles. The molecule has 0 spiro atoms. The highest BCUT2D eigenvalue weighted by Crippen LogP contribution is 2.22. The zero-order valence-corrected chi connectivity index (χ0v) is 12.5. The Morgan fingerprint density at radius 2 is 1.77 bits per heavy atom.